The van der Waals surface area contributed by atoms with Crippen LogP contribution in [0, 0.1) is 0 Å². The highest BCUT2D eigenvalue weighted by atomic mass is 16.3. The number of hydrogen-bond donors (Lipinski definition) is 3. The third-order valence-corrected chi connectivity index (χ3v) is 6.12. The maximum absolute atomic E-state index is 9.80. The normalized spacial score (nSPS) is 15.5. The van der Waals surface area contributed by atoms with Crippen LogP contribution >= 0.6 is 0 Å². The molecule has 1 aliphatic rings. The van der Waals surface area contributed by atoms with Crippen molar-refractivity contribution in [1.29, 1.82) is 0 Å². The third kappa shape index (κ3) is 4.79. The Morgan fingerprint density at radius 1 is 0.688 bits per heavy atom. The van der Waals surface area contributed by atoms with Crippen molar-refractivity contribution in [2.75, 3.05) is 37.8 Å². The molecular formula is C27H30N2O3. The van der Waals surface area contributed by atoms with Gasteiger partial charge >= 0.3 is 0 Å². The molecule has 3 aromatic carbocycles. The number of aromatic hydroxyl groups is 2. The Morgan fingerprint density at radius 2 is 1.16 bits per heavy atom. The van der Waals surface area contributed by atoms with Gasteiger partial charge in [0.1, 0.15) is 11.5 Å². The van der Waals surface area contributed by atoms with E-state index >= 15 is 0 Å². The molecule has 1 saturated heterocycles. The second-order valence-electron chi connectivity index (χ2n) is 8.09. The molecule has 5 nitrogen and oxygen atoms in total. The molecule has 0 bridgehead atoms. The minimum atomic E-state index is 0.116. The molecule has 0 aliphatic carbocycles. The molecular weight excluding hydrogens is 400 g/mol. The fourth-order valence-corrected chi connectivity index (χ4v) is 4.32. The number of aliphatic hydroxyl groups excluding tert-OH is 1. The third-order valence-electron chi connectivity index (χ3n) is 6.12. The topological polar surface area (TPSA) is 67.2 Å². The van der Waals surface area contributed by atoms with Crippen LogP contribution in [-0.4, -0.2) is 53.1 Å². The summed E-state index contributed by atoms with van der Waals surface area (Å²) >= 11 is 0. The molecule has 0 unspecified atom stereocenters. The van der Waals surface area contributed by atoms with Crippen molar-refractivity contribution in [1.82, 2.24) is 4.90 Å². The number of hydrogen-bond acceptors (Lipinski definition) is 5. The lowest BCUT2D eigenvalue weighted by Crippen LogP contribution is -2.46. The van der Waals surface area contributed by atoms with Gasteiger partial charge in [0.2, 0.25) is 0 Å². The first-order chi connectivity index (χ1) is 15.6. The van der Waals surface area contributed by atoms with Crippen LogP contribution in [-0.2, 0) is 0 Å². The summed E-state index contributed by atoms with van der Waals surface area (Å²) in [5.74, 6) is 0.495. The number of piperazine rings is 1. The van der Waals surface area contributed by atoms with Crippen LogP contribution in [0.25, 0.3) is 11.1 Å². The lowest BCUT2D eigenvalue weighted by molar-refractivity contribution is 0.102. The van der Waals surface area contributed by atoms with Gasteiger partial charge in [-0.15, -0.1) is 0 Å². The molecule has 1 heterocycles. The molecule has 0 spiro atoms. The Kier molecular flexibility index (Phi) is 6.78. The second-order valence-corrected chi connectivity index (χ2v) is 8.09. The van der Waals surface area contributed by atoms with E-state index in [1.54, 1.807) is 24.3 Å². The molecule has 0 amide bonds. The van der Waals surface area contributed by atoms with Crippen LogP contribution < -0.4 is 4.90 Å². The minimum Gasteiger partial charge on any atom is -0.508 e. The number of phenolic OH excluding ortho intramolecular Hbond substituents is 2. The highest BCUT2D eigenvalue weighted by Gasteiger charge is 2.18. The van der Waals surface area contributed by atoms with E-state index in [0.29, 0.717) is 0 Å². The number of nitrogens with zero attached hydrogens (tertiary/aromatic N) is 2. The number of anilines is 1. The molecule has 3 aromatic rings. The van der Waals surface area contributed by atoms with Crippen molar-refractivity contribution in [2.24, 2.45) is 0 Å². The van der Waals surface area contributed by atoms with Crippen molar-refractivity contribution in [3.05, 3.63) is 89.5 Å². The molecule has 1 aliphatic heterocycles. The Labute approximate surface area is 189 Å². The van der Waals surface area contributed by atoms with Gasteiger partial charge in [-0.3, -0.25) is 4.90 Å². The van der Waals surface area contributed by atoms with E-state index in [-0.39, 0.29) is 18.2 Å². The average molecular weight is 431 g/mol. The first-order valence-corrected chi connectivity index (χ1v) is 11.1. The maximum Gasteiger partial charge on any atom is 0.115 e. The molecule has 0 saturated carbocycles. The van der Waals surface area contributed by atoms with Gasteiger partial charge < -0.3 is 20.2 Å². The Balaban J connectivity index is 1.73. The van der Waals surface area contributed by atoms with Crippen LogP contribution in [0.4, 0.5) is 5.69 Å². The summed E-state index contributed by atoms with van der Waals surface area (Å²) in [6.45, 7) is 5.76. The van der Waals surface area contributed by atoms with Crippen molar-refractivity contribution >= 4 is 16.8 Å². The molecule has 32 heavy (non-hydrogen) atoms. The number of benzene rings is 3. The number of allylic oxidation sites excluding steroid dienone is 1. The number of rotatable bonds is 6. The van der Waals surface area contributed by atoms with E-state index in [4.69, 9.17) is 0 Å². The first-order valence-electron chi connectivity index (χ1n) is 11.1. The highest BCUT2D eigenvalue weighted by Crippen LogP contribution is 2.36. The monoisotopic (exact) mass is 430 g/mol. The maximum atomic E-state index is 9.80. The fraction of sp³-hybridized carbons (Fsp3) is 0.259. The van der Waals surface area contributed by atoms with Crippen molar-refractivity contribution in [3.8, 4) is 11.5 Å². The van der Waals surface area contributed by atoms with E-state index in [9.17, 15) is 15.3 Å². The van der Waals surface area contributed by atoms with Crippen LogP contribution in [0.15, 0.2) is 72.8 Å². The van der Waals surface area contributed by atoms with Crippen LogP contribution in [0.1, 0.15) is 30.0 Å². The van der Waals surface area contributed by atoms with Crippen LogP contribution in [0.5, 0.6) is 11.5 Å². The zero-order valence-corrected chi connectivity index (χ0v) is 18.4. The Bertz CT molecular complexity index is 1050. The van der Waals surface area contributed by atoms with Gasteiger partial charge in [0.15, 0.2) is 0 Å². The van der Waals surface area contributed by atoms with Crippen LogP contribution in [0.3, 0.4) is 0 Å². The smallest absolute Gasteiger partial charge is 0.115 e. The van der Waals surface area contributed by atoms with E-state index in [1.807, 2.05) is 29.2 Å². The molecule has 3 N–H and O–H groups in total. The van der Waals surface area contributed by atoms with Crippen molar-refractivity contribution in [3.63, 3.8) is 0 Å². The van der Waals surface area contributed by atoms with E-state index in [2.05, 4.69) is 36.1 Å². The van der Waals surface area contributed by atoms with Gasteiger partial charge in [-0.1, -0.05) is 43.3 Å². The summed E-state index contributed by atoms with van der Waals surface area (Å²) in [5, 5.41) is 28.9. The molecule has 166 valence electrons. The summed E-state index contributed by atoms with van der Waals surface area (Å²) in [4.78, 5) is 4.39. The van der Waals surface area contributed by atoms with Gasteiger partial charge in [-0.05, 0) is 70.7 Å². The molecule has 0 aromatic heterocycles. The number of phenols is 2. The van der Waals surface area contributed by atoms with Crippen molar-refractivity contribution in [2.45, 2.75) is 13.3 Å². The van der Waals surface area contributed by atoms with Gasteiger partial charge in [0.05, 0.1) is 6.73 Å². The standard InChI is InChI=1S/C27H30N2O3/c1-2-26(20-5-11-24(31)12-6-20)27(22-7-13-25(32)14-8-22)21-3-9-23(10-4-21)29-17-15-28(19-30)16-18-29/h3-14,30-32H,2,15-19H2,1H3. The number of aliphatic hydroxyl groups is 1. The molecule has 4 rings (SSSR count). The Hall–Kier alpha value is -3.28. The predicted molar refractivity (Wildman–Crippen MR) is 130 cm³/mol. The van der Waals surface area contributed by atoms with E-state index in [0.717, 1.165) is 54.9 Å². The summed E-state index contributed by atoms with van der Waals surface area (Å²) in [6.07, 6.45) is 0.825. The van der Waals surface area contributed by atoms with Gasteiger partial charge in [-0.25, -0.2) is 0 Å². The molecule has 0 atom stereocenters. The first kappa shape index (κ1) is 21.9. The van der Waals surface area contributed by atoms with Gasteiger partial charge in [0, 0.05) is 31.9 Å². The van der Waals surface area contributed by atoms with Gasteiger partial charge in [0.25, 0.3) is 0 Å². The summed E-state index contributed by atoms with van der Waals surface area (Å²) in [5.41, 5.74) is 6.70. The zero-order valence-electron chi connectivity index (χ0n) is 18.4. The quantitative estimate of drug-likeness (QED) is 0.501. The summed E-state index contributed by atoms with van der Waals surface area (Å²) in [6, 6.07) is 23.3. The molecule has 0 radical (unpaired) electrons. The minimum absolute atomic E-state index is 0.116. The fourth-order valence-electron chi connectivity index (χ4n) is 4.32. The summed E-state index contributed by atoms with van der Waals surface area (Å²) < 4.78 is 0. The van der Waals surface area contributed by atoms with Crippen molar-refractivity contribution < 1.29 is 15.3 Å². The predicted octanol–water partition coefficient (Wildman–Crippen LogP) is 4.54. The lowest BCUT2D eigenvalue weighted by Gasteiger charge is -2.35. The SMILES string of the molecule is CCC(=C(c1ccc(O)cc1)c1ccc(N2CCN(CO)CC2)cc1)c1ccc(O)cc1. The molecule has 1 fully saturated rings. The lowest BCUT2D eigenvalue weighted by atomic mass is 9.88. The highest BCUT2D eigenvalue weighted by molar-refractivity contribution is 5.98. The van der Waals surface area contributed by atoms with E-state index < -0.39 is 0 Å². The van der Waals surface area contributed by atoms with Crippen LogP contribution in [0.2, 0.25) is 0 Å². The Morgan fingerprint density at radius 3 is 1.62 bits per heavy atom. The second kappa shape index (κ2) is 9.90. The largest absolute Gasteiger partial charge is 0.508 e. The zero-order chi connectivity index (χ0) is 22.5. The average Bonchev–Trinajstić information content (AvgIpc) is 2.84. The summed E-state index contributed by atoms with van der Waals surface area (Å²) in [7, 11) is 0. The van der Waals surface area contributed by atoms with E-state index in [1.165, 1.54) is 11.3 Å². The van der Waals surface area contributed by atoms with Gasteiger partial charge in [-0.2, -0.15) is 0 Å². The molecule has 5 heteroatoms.